The zero-order chi connectivity index (χ0) is 22.7. The molecule has 1 amide bonds. The summed E-state index contributed by atoms with van der Waals surface area (Å²) >= 11 is 1.45. The Kier molecular flexibility index (Phi) is 6.86. The number of nitrogens with one attached hydrogen (secondary N) is 1. The van der Waals surface area contributed by atoms with Crippen LogP contribution in [0.25, 0.3) is 0 Å². The van der Waals surface area contributed by atoms with Crippen LogP contribution in [0, 0.1) is 0 Å². The monoisotopic (exact) mass is 457 g/mol. The maximum atomic E-state index is 12.7. The first-order valence-electron chi connectivity index (χ1n) is 10.6. The van der Waals surface area contributed by atoms with E-state index in [1.807, 2.05) is 34.6 Å². The molecule has 1 aromatic rings. The zero-order valence-electron chi connectivity index (χ0n) is 18.4. The molecule has 9 heteroatoms. The van der Waals surface area contributed by atoms with Crippen LogP contribution in [0.4, 0.5) is 0 Å². The van der Waals surface area contributed by atoms with Gasteiger partial charge in [0.2, 0.25) is 5.91 Å². The lowest BCUT2D eigenvalue weighted by Gasteiger charge is -2.36. The summed E-state index contributed by atoms with van der Waals surface area (Å²) < 4.78 is 15.9. The summed E-state index contributed by atoms with van der Waals surface area (Å²) in [5.74, 6) is 0.192. The van der Waals surface area contributed by atoms with Gasteiger partial charge in [0.1, 0.15) is 5.75 Å². The average Bonchev–Trinajstić information content (AvgIpc) is 3.46. The van der Waals surface area contributed by atoms with Gasteiger partial charge in [-0.05, 0) is 42.9 Å². The number of carbonyl (C=O) groups is 2. The third kappa shape index (κ3) is 4.54. The van der Waals surface area contributed by atoms with Crippen LogP contribution in [0.3, 0.4) is 0 Å². The van der Waals surface area contributed by atoms with Crippen LogP contribution < -0.4 is 10.1 Å². The molecule has 0 aliphatic carbocycles. The van der Waals surface area contributed by atoms with Crippen LogP contribution in [-0.2, 0) is 19.1 Å². The van der Waals surface area contributed by atoms with Crippen molar-refractivity contribution in [1.29, 1.82) is 0 Å². The number of methoxy groups -OCH3 is 2. The van der Waals surface area contributed by atoms with Crippen molar-refractivity contribution in [3.8, 4) is 5.75 Å². The lowest BCUT2D eigenvalue weighted by molar-refractivity contribution is -0.136. The van der Waals surface area contributed by atoms with Crippen molar-refractivity contribution in [2.75, 3.05) is 27.4 Å². The highest BCUT2D eigenvalue weighted by atomic mass is 32.2. The molecule has 0 unspecified atom stereocenters. The van der Waals surface area contributed by atoms with Gasteiger partial charge < -0.3 is 24.4 Å². The lowest BCUT2D eigenvalue weighted by Crippen LogP contribution is -2.38. The Bertz CT molecular complexity index is 980. The number of benzene rings is 1. The summed E-state index contributed by atoms with van der Waals surface area (Å²) in [7, 11) is 2.97. The molecule has 0 spiro atoms. The van der Waals surface area contributed by atoms with Crippen molar-refractivity contribution in [2.45, 2.75) is 38.3 Å². The maximum Gasteiger partial charge on any atom is 0.338 e. The summed E-state index contributed by atoms with van der Waals surface area (Å²) in [6, 6.07) is 7.09. The van der Waals surface area contributed by atoms with Gasteiger partial charge in [-0.25, -0.2) is 9.79 Å². The van der Waals surface area contributed by atoms with Crippen LogP contribution in [0.2, 0.25) is 0 Å². The second-order valence-corrected chi connectivity index (χ2v) is 8.61. The lowest BCUT2D eigenvalue weighted by atomic mass is 9.94. The normalized spacial score (nSPS) is 22.3. The number of aliphatic imine (C=N–C) groups is 1. The molecule has 3 heterocycles. The zero-order valence-corrected chi connectivity index (χ0v) is 19.2. The Hall–Kier alpha value is -2.78. The summed E-state index contributed by atoms with van der Waals surface area (Å²) in [6.45, 7) is 3.07. The van der Waals surface area contributed by atoms with E-state index in [0.29, 0.717) is 17.8 Å². The second kappa shape index (κ2) is 9.79. The third-order valence-corrected chi connectivity index (χ3v) is 6.62. The van der Waals surface area contributed by atoms with Crippen LogP contribution in [0.5, 0.6) is 5.75 Å². The number of carbonyl (C=O) groups excluding carboxylic acids is 2. The first-order valence-corrected chi connectivity index (χ1v) is 11.4. The van der Waals surface area contributed by atoms with E-state index >= 15 is 0 Å². The number of hydrogen-bond donors (Lipinski definition) is 1. The molecule has 32 heavy (non-hydrogen) atoms. The number of fused-ring (bicyclic) bond motifs is 1. The second-order valence-electron chi connectivity index (χ2n) is 7.77. The fourth-order valence-electron chi connectivity index (χ4n) is 4.10. The number of thioether (sulfide) groups is 1. The summed E-state index contributed by atoms with van der Waals surface area (Å²) in [6.07, 6.45) is 2.26. The van der Waals surface area contributed by atoms with Crippen molar-refractivity contribution >= 4 is 28.8 Å². The molecule has 3 aliphatic heterocycles. The number of nitrogens with zero attached hydrogens (tertiary/aromatic N) is 2. The predicted molar refractivity (Wildman–Crippen MR) is 122 cm³/mol. The molecule has 3 aliphatic rings. The highest BCUT2D eigenvalue weighted by Crippen LogP contribution is 2.45. The Labute approximate surface area is 191 Å². The molecule has 0 saturated carbocycles. The number of allylic oxidation sites excluding steroid dienone is 1. The summed E-state index contributed by atoms with van der Waals surface area (Å²) in [4.78, 5) is 32.0. The topological polar surface area (TPSA) is 89.5 Å². The van der Waals surface area contributed by atoms with Gasteiger partial charge in [-0.15, -0.1) is 0 Å². The van der Waals surface area contributed by atoms with Crippen molar-refractivity contribution in [2.24, 2.45) is 4.99 Å². The number of amidine groups is 1. The largest absolute Gasteiger partial charge is 0.497 e. The minimum Gasteiger partial charge on any atom is -0.497 e. The van der Waals surface area contributed by atoms with Gasteiger partial charge in [0.25, 0.3) is 0 Å². The maximum absolute atomic E-state index is 12.7. The Morgan fingerprint density at radius 2 is 2.06 bits per heavy atom. The van der Waals surface area contributed by atoms with E-state index in [4.69, 9.17) is 14.2 Å². The molecule has 1 N–H and O–H groups in total. The average molecular weight is 458 g/mol. The van der Waals surface area contributed by atoms with Gasteiger partial charge in [0.05, 0.1) is 44.1 Å². The minimum atomic E-state index is -0.451. The van der Waals surface area contributed by atoms with Crippen molar-refractivity contribution in [3.05, 3.63) is 52.2 Å². The first-order chi connectivity index (χ1) is 15.5. The minimum absolute atomic E-state index is 0.0848. The molecular weight excluding hydrogens is 430 g/mol. The van der Waals surface area contributed by atoms with Crippen LogP contribution in [-0.4, -0.2) is 55.4 Å². The van der Waals surface area contributed by atoms with Gasteiger partial charge in [-0.1, -0.05) is 23.9 Å². The fraction of sp³-hybridized carbons (Fsp3) is 0.435. The SMILES string of the molecule is COC(=O)C1=C(C)N=C2SC=C(CC(=O)NC[C@@H]3CCCO3)N2[C@H]1c1ccc(OC)cc1. The van der Waals surface area contributed by atoms with Gasteiger partial charge in [0, 0.05) is 18.8 Å². The molecular formula is C23H27N3O5S. The van der Waals surface area contributed by atoms with E-state index in [9.17, 15) is 9.59 Å². The molecule has 1 fully saturated rings. The van der Waals surface area contributed by atoms with Crippen LogP contribution in [0.15, 0.2) is 51.6 Å². The molecule has 0 aromatic heterocycles. The Morgan fingerprint density at radius 3 is 2.72 bits per heavy atom. The highest BCUT2D eigenvalue weighted by Gasteiger charge is 2.41. The van der Waals surface area contributed by atoms with Crippen LogP contribution in [0.1, 0.15) is 37.8 Å². The van der Waals surface area contributed by atoms with E-state index in [1.165, 1.54) is 18.9 Å². The number of rotatable bonds is 7. The fourth-order valence-corrected chi connectivity index (χ4v) is 5.07. The number of hydrogen-bond acceptors (Lipinski definition) is 8. The van der Waals surface area contributed by atoms with Gasteiger partial charge in [0.15, 0.2) is 5.17 Å². The number of esters is 1. The van der Waals surface area contributed by atoms with Gasteiger partial charge in [-0.3, -0.25) is 4.79 Å². The molecule has 0 bridgehead atoms. The standard InChI is InChI=1S/C23H27N3O5S/c1-14-20(22(28)30-3)21(15-6-8-17(29-2)9-7-15)26-16(13-32-23(26)25-14)11-19(27)24-12-18-5-4-10-31-18/h6-9,13,18,21H,4-5,10-12H2,1-3H3,(H,24,27)/t18-,21-/m0/s1. The molecule has 170 valence electrons. The van der Waals surface area contributed by atoms with Gasteiger partial charge >= 0.3 is 5.97 Å². The summed E-state index contributed by atoms with van der Waals surface area (Å²) in [5, 5.41) is 5.63. The smallest absolute Gasteiger partial charge is 0.338 e. The number of ether oxygens (including phenoxy) is 3. The third-order valence-electron chi connectivity index (χ3n) is 5.73. The van der Waals surface area contributed by atoms with Gasteiger partial charge in [-0.2, -0.15) is 0 Å². The predicted octanol–water partition coefficient (Wildman–Crippen LogP) is 3.13. The molecule has 1 saturated heterocycles. The van der Waals surface area contributed by atoms with E-state index < -0.39 is 12.0 Å². The first kappa shape index (κ1) is 22.4. The van der Waals surface area contributed by atoms with Crippen molar-refractivity contribution < 1.29 is 23.8 Å². The molecule has 8 nitrogen and oxygen atoms in total. The molecule has 4 rings (SSSR count). The quantitative estimate of drug-likeness (QED) is 0.629. The highest BCUT2D eigenvalue weighted by molar-refractivity contribution is 8.16. The van der Waals surface area contributed by atoms with Crippen LogP contribution >= 0.6 is 11.8 Å². The molecule has 1 aromatic carbocycles. The molecule has 0 radical (unpaired) electrons. The Morgan fingerprint density at radius 1 is 1.28 bits per heavy atom. The number of amides is 1. The van der Waals surface area contributed by atoms with E-state index in [-0.39, 0.29) is 18.4 Å². The molecule has 2 atom stereocenters. The van der Waals surface area contributed by atoms with Crippen molar-refractivity contribution in [3.63, 3.8) is 0 Å². The summed E-state index contributed by atoms with van der Waals surface area (Å²) in [5.41, 5.74) is 2.72. The van der Waals surface area contributed by atoms with E-state index in [0.717, 1.165) is 41.6 Å². The van der Waals surface area contributed by atoms with Crippen molar-refractivity contribution in [1.82, 2.24) is 10.2 Å². The Balaban J connectivity index is 1.59. The van der Waals surface area contributed by atoms with E-state index in [1.54, 1.807) is 14.0 Å². The van der Waals surface area contributed by atoms with E-state index in [2.05, 4.69) is 10.3 Å².